The van der Waals surface area contributed by atoms with Gasteiger partial charge in [0.15, 0.2) is 6.61 Å². The van der Waals surface area contributed by atoms with E-state index in [1.807, 2.05) is 25.1 Å². The zero-order valence-corrected chi connectivity index (χ0v) is 14.8. The lowest BCUT2D eigenvalue weighted by Crippen LogP contribution is -2.20. The number of carbonyl (C=O) groups is 1. The number of aryl methyl sites for hydroxylation is 1. The van der Waals surface area contributed by atoms with E-state index in [4.69, 9.17) is 9.15 Å². The Morgan fingerprint density at radius 1 is 1.14 bits per heavy atom. The molecule has 146 valence electrons. The third-order valence-corrected chi connectivity index (χ3v) is 4.01. The van der Waals surface area contributed by atoms with Crippen molar-refractivity contribution in [2.75, 3.05) is 11.9 Å². The number of nitrogens with one attached hydrogen (secondary N) is 1. The fraction of sp³-hybridized carbons (Fsp3) is 0.200. The van der Waals surface area contributed by atoms with Crippen LogP contribution in [0.2, 0.25) is 0 Å². The predicted molar refractivity (Wildman–Crippen MR) is 97.4 cm³/mol. The Morgan fingerprint density at radius 3 is 2.64 bits per heavy atom. The maximum absolute atomic E-state index is 13.0. The molecule has 8 heteroatoms. The number of carbonyl (C=O) groups excluding carboxylic acids is 1. The molecule has 3 rings (SSSR count). The Hall–Kier alpha value is -3.29. The molecule has 0 saturated carbocycles. The molecule has 3 aromatic rings. The summed E-state index contributed by atoms with van der Waals surface area (Å²) in [5, 5.41) is 2.41. The van der Waals surface area contributed by atoms with Crippen molar-refractivity contribution in [2.24, 2.45) is 0 Å². The van der Waals surface area contributed by atoms with Gasteiger partial charge in [-0.1, -0.05) is 19.1 Å². The maximum atomic E-state index is 13.0. The molecule has 1 aromatic heterocycles. The van der Waals surface area contributed by atoms with Crippen LogP contribution in [0.4, 0.5) is 18.9 Å². The van der Waals surface area contributed by atoms with E-state index >= 15 is 0 Å². The summed E-state index contributed by atoms with van der Waals surface area (Å²) < 4.78 is 49.3. The fourth-order valence-electron chi connectivity index (χ4n) is 2.68. The Labute approximate surface area is 157 Å². The van der Waals surface area contributed by atoms with Gasteiger partial charge in [0.25, 0.3) is 5.91 Å². The topological polar surface area (TPSA) is 68.5 Å². The first-order valence-corrected chi connectivity index (χ1v) is 8.43. The Kier molecular flexibility index (Phi) is 5.39. The number of benzene rings is 2. The first kappa shape index (κ1) is 19.5. The highest BCUT2D eigenvalue weighted by Crippen LogP contribution is 2.34. The summed E-state index contributed by atoms with van der Waals surface area (Å²) in [5.74, 6) is -0.328. The number of hydrogen-bond donors (Lipinski definition) is 1. The fourth-order valence-corrected chi connectivity index (χ4v) is 2.68. The average molecular weight is 391 g/mol. The van der Waals surface area contributed by atoms with Crippen molar-refractivity contribution in [2.45, 2.75) is 19.5 Å². The molecule has 1 heterocycles. The molecule has 0 saturated heterocycles. The smallest absolute Gasteiger partial charge is 0.417 e. The minimum atomic E-state index is -4.69. The molecule has 0 aliphatic rings. The van der Waals surface area contributed by atoms with Gasteiger partial charge >= 0.3 is 11.8 Å². The first-order chi connectivity index (χ1) is 13.3. The van der Waals surface area contributed by atoms with Crippen molar-refractivity contribution in [3.8, 4) is 5.75 Å². The molecule has 0 atom stereocenters. The van der Waals surface area contributed by atoms with E-state index in [0.29, 0.717) is 11.8 Å². The number of ether oxygens (including phenoxy) is 1. The van der Waals surface area contributed by atoms with Crippen LogP contribution in [0.1, 0.15) is 18.1 Å². The molecule has 0 spiro atoms. The highest BCUT2D eigenvalue weighted by molar-refractivity contribution is 5.92. The molecular weight excluding hydrogens is 375 g/mol. The normalized spacial score (nSPS) is 11.4. The van der Waals surface area contributed by atoms with Crippen LogP contribution in [-0.2, 0) is 17.4 Å². The van der Waals surface area contributed by atoms with Crippen molar-refractivity contribution < 1.29 is 27.1 Å². The SMILES string of the molecule is CCc1cccc(NC(=O)COc2ccc3c(C(F)(F)F)cc(=O)oc3c2)c1. The lowest BCUT2D eigenvalue weighted by Gasteiger charge is -2.11. The molecule has 0 radical (unpaired) electrons. The van der Waals surface area contributed by atoms with Crippen molar-refractivity contribution in [3.63, 3.8) is 0 Å². The van der Waals surface area contributed by atoms with Gasteiger partial charge in [-0.25, -0.2) is 4.79 Å². The summed E-state index contributed by atoms with van der Waals surface area (Å²) in [6.45, 7) is 1.64. The van der Waals surface area contributed by atoms with Crippen LogP contribution < -0.4 is 15.7 Å². The average Bonchev–Trinajstić information content (AvgIpc) is 2.64. The minimum absolute atomic E-state index is 0.104. The number of anilines is 1. The number of amides is 1. The number of fused-ring (bicyclic) bond motifs is 1. The lowest BCUT2D eigenvalue weighted by molar-refractivity contribution is -0.136. The number of hydrogen-bond acceptors (Lipinski definition) is 4. The van der Waals surface area contributed by atoms with Gasteiger partial charge in [-0.2, -0.15) is 13.2 Å². The molecule has 1 N–H and O–H groups in total. The van der Waals surface area contributed by atoms with E-state index in [1.165, 1.54) is 6.07 Å². The predicted octanol–water partition coefficient (Wildman–Crippen LogP) is 4.39. The van der Waals surface area contributed by atoms with Gasteiger partial charge < -0.3 is 14.5 Å². The number of rotatable bonds is 5. The van der Waals surface area contributed by atoms with Crippen LogP contribution in [0.25, 0.3) is 11.0 Å². The van der Waals surface area contributed by atoms with Crippen LogP contribution >= 0.6 is 0 Å². The number of halogens is 3. The van der Waals surface area contributed by atoms with Crippen LogP contribution in [0, 0.1) is 0 Å². The highest BCUT2D eigenvalue weighted by atomic mass is 19.4. The molecule has 0 aliphatic heterocycles. The van der Waals surface area contributed by atoms with Crippen LogP contribution in [-0.4, -0.2) is 12.5 Å². The van der Waals surface area contributed by atoms with E-state index < -0.39 is 23.3 Å². The van der Waals surface area contributed by atoms with Crippen LogP contribution in [0.5, 0.6) is 5.75 Å². The molecule has 28 heavy (non-hydrogen) atoms. The van der Waals surface area contributed by atoms with Crippen molar-refractivity contribution in [1.82, 2.24) is 0 Å². The summed E-state index contributed by atoms with van der Waals surface area (Å²) in [5.41, 5.74) is -0.797. The Balaban J connectivity index is 1.74. The van der Waals surface area contributed by atoms with Gasteiger partial charge in [-0.3, -0.25) is 4.79 Å². The van der Waals surface area contributed by atoms with E-state index in [2.05, 4.69) is 5.32 Å². The largest absolute Gasteiger partial charge is 0.484 e. The maximum Gasteiger partial charge on any atom is 0.417 e. The molecule has 0 aliphatic carbocycles. The molecule has 5 nitrogen and oxygen atoms in total. The Morgan fingerprint density at radius 2 is 1.93 bits per heavy atom. The van der Waals surface area contributed by atoms with Gasteiger partial charge in [0.05, 0.1) is 5.56 Å². The summed E-state index contributed by atoms with van der Waals surface area (Å²) in [4.78, 5) is 23.4. The van der Waals surface area contributed by atoms with Crippen molar-refractivity contribution in [1.29, 1.82) is 0 Å². The molecule has 2 aromatic carbocycles. The summed E-state index contributed by atoms with van der Waals surface area (Å²) in [6.07, 6.45) is -3.87. The standard InChI is InChI=1S/C20H16F3NO4/c1-2-12-4-3-5-13(8-12)24-18(25)11-27-14-6-7-15-16(20(21,22)23)10-19(26)28-17(15)9-14/h3-10H,2,11H2,1H3,(H,24,25). The summed E-state index contributed by atoms with van der Waals surface area (Å²) >= 11 is 0. The quantitative estimate of drug-likeness (QED) is 0.655. The lowest BCUT2D eigenvalue weighted by atomic mass is 10.1. The second-order valence-corrected chi connectivity index (χ2v) is 6.03. The second kappa shape index (κ2) is 7.75. The van der Waals surface area contributed by atoms with Crippen LogP contribution in [0.15, 0.2) is 57.7 Å². The van der Waals surface area contributed by atoms with Crippen molar-refractivity contribution >= 4 is 22.6 Å². The molecule has 0 unspecified atom stereocenters. The van der Waals surface area contributed by atoms with E-state index in [9.17, 15) is 22.8 Å². The van der Waals surface area contributed by atoms with Crippen molar-refractivity contribution in [3.05, 3.63) is 70.1 Å². The van der Waals surface area contributed by atoms with Gasteiger partial charge in [0.1, 0.15) is 11.3 Å². The highest BCUT2D eigenvalue weighted by Gasteiger charge is 2.33. The third-order valence-electron chi connectivity index (χ3n) is 4.01. The zero-order chi connectivity index (χ0) is 20.3. The second-order valence-electron chi connectivity index (χ2n) is 6.03. The monoisotopic (exact) mass is 391 g/mol. The van der Waals surface area contributed by atoms with Crippen LogP contribution in [0.3, 0.4) is 0 Å². The van der Waals surface area contributed by atoms with Gasteiger partial charge in [0, 0.05) is 23.2 Å². The summed E-state index contributed by atoms with van der Waals surface area (Å²) in [6, 6.07) is 11.3. The molecule has 0 fully saturated rings. The van der Waals surface area contributed by atoms with E-state index in [0.717, 1.165) is 24.1 Å². The Bertz CT molecular complexity index is 1070. The zero-order valence-electron chi connectivity index (χ0n) is 14.8. The van der Waals surface area contributed by atoms with Gasteiger partial charge in [0.2, 0.25) is 0 Å². The molecule has 0 bridgehead atoms. The van der Waals surface area contributed by atoms with Gasteiger partial charge in [-0.15, -0.1) is 0 Å². The first-order valence-electron chi connectivity index (χ1n) is 8.43. The number of alkyl halides is 3. The van der Waals surface area contributed by atoms with E-state index in [-0.39, 0.29) is 23.3 Å². The minimum Gasteiger partial charge on any atom is -0.484 e. The molecule has 1 amide bonds. The third kappa shape index (κ3) is 4.51. The van der Waals surface area contributed by atoms with Gasteiger partial charge in [-0.05, 0) is 36.2 Å². The molecular formula is C20H16F3NO4. The summed E-state index contributed by atoms with van der Waals surface area (Å²) in [7, 11) is 0. The van der Waals surface area contributed by atoms with E-state index in [1.54, 1.807) is 6.07 Å².